The SMILES string of the molecule is CNC(=O)c1ccc(CN(C)C(=O)CCNC(=O)NC23CC4CC(CC(C4)C2)C3)cc1. The summed E-state index contributed by atoms with van der Waals surface area (Å²) in [4.78, 5) is 38.2. The predicted octanol–water partition coefficient (Wildman–Crippen LogP) is 2.66. The quantitative estimate of drug-likeness (QED) is 0.626. The summed E-state index contributed by atoms with van der Waals surface area (Å²) in [6.07, 6.45) is 7.65. The van der Waals surface area contributed by atoms with Crippen LogP contribution in [-0.4, -0.2) is 48.9 Å². The lowest BCUT2D eigenvalue weighted by Crippen LogP contribution is -2.61. The summed E-state index contributed by atoms with van der Waals surface area (Å²) < 4.78 is 0. The highest BCUT2D eigenvalue weighted by Gasteiger charge is 2.51. The molecule has 4 amide bonds. The maximum atomic E-state index is 12.5. The topological polar surface area (TPSA) is 90.5 Å². The van der Waals surface area contributed by atoms with Crippen molar-refractivity contribution in [3.05, 3.63) is 35.4 Å². The lowest BCUT2D eigenvalue weighted by molar-refractivity contribution is -0.130. The molecule has 0 aromatic heterocycles. The summed E-state index contributed by atoms with van der Waals surface area (Å²) in [5.41, 5.74) is 1.53. The number of hydrogen-bond acceptors (Lipinski definition) is 3. The first-order valence-corrected chi connectivity index (χ1v) is 11.5. The smallest absolute Gasteiger partial charge is 0.315 e. The van der Waals surface area contributed by atoms with Gasteiger partial charge in [-0.15, -0.1) is 0 Å². The summed E-state index contributed by atoms with van der Waals surface area (Å²) in [6.45, 7) is 0.795. The van der Waals surface area contributed by atoms with Crippen LogP contribution in [0.3, 0.4) is 0 Å². The Bertz CT molecular complexity index is 800. The Morgan fingerprint density at radius 1 is 1.00 bits per heavy atom. The van der Waals surface area contributed by atoms with Crippen molar-refractivity contribution < 1.29 is 14.4 Å². The number of benzene rings is 1. The fourth-order valence-electron chi connectivity index (χ4n) is 6.29. The third-order valence-corrected chi connectivity index (χ3v) is 7.33. The fraction of sp³-hybridized carbons (Fsp3) is 0.625. The molecule has 4 bridgehead atoms. The van der Waals surface area contributed by atoms with Crippen molar-refractivity contribution in [2.24, 2.45) is 17.8 Å². The van der Waals surface area contributed by atoms with Gasteiger partial charge < -0.3 is 20.9 Å². The Morgan fingerprint density at radius 3 is 2.13 bits per heavy atom. The van der Waals surface area contributed by atoms with E-state index in [9.17, 15) is 14.4 Å². The lowest BCUT2D eigenvalue weighted by atomic mass is 9.53. The third kappa shape index (κ3) is 5.02. The second kappa shape index (κ2) is 8.89. The minimum atomic E-state index is -0.137. The number of amides is 4. The largest absolute Gasteiger partial charge is 0.355 e. The monoisotopic (exact) mass is 426 g/mol. The van der Waals surface area contributed by atoms with E-state index in [0.29, 0.717) is 18.7 Å². The maximum Gasteiger partial charge on any atom is 0.315 e. The molecule has 5 rings (SSSR count). The molecule has 1 aromatic rings. The van der Waals surface area contributed by atoms with Gasteiger partial charge in [0.1, 0.15) is 0 Å². The van der Waals surface area contributed by atoms with Crippen molar-refractivity contribution in [2.45, 2.75) is 57.0 Å². The molecule has 7 heteroatoms. The van der Waals surface area contributed by atoms with Gasteiger partial charge in [-0.05, 0) is 74.0 Å². The van der Waals surface area contributed by atoms with Crippen LogP contribution in [0.2, 0.25) is 0 Å². The highest BCUT2D eigenvalue weighted by molar-refractivity contribution is 5.93. The molecule has 31 heavy (non-hydrogen) atoms. The highest BCUT2D eigenvalue weighted by atomic mass is 16.2. The van der Waals surface area contributed by atoms with Gasteiger partial charge >= 0.3 is 6.03 Å². The second-order valence-corrected chi connectivity index (χ2v) is 9.85. The molecular weight excluding hydrogens is 392 g/mol. The number of nitrogens with zero attached hydrogens (tertiary/aromatic N) is 1. The summed E-state index contributed by atoms with van der Waals surface area (Å²) in [6, 6.07) is 7.07. The van der Waals surface area contributed by atoms with E-state index in [2.05, 4.69) is 16.0 Å². The molecule has 168 valence electrons. The van der Waals surface area contributed by atoms with Crippen LogP contribution >= 0.6 is 0 Å². The molecule has 4 aliphatic rings. The molecule has 0 spiro atoms. The molecule has 4 saturated carbocycles. The van der Waals surface area contributed by atoms with Crippen molar-refractivity contribution in [2.75, 3.05) is 20.6 Å². The molecule has 4 fully saturated rings. The Kier molecular flexibility index (Phi) is 6.21. The van der Waals surface area contributed by atoms with Gasteiger partial charge in [-0.2, -0.15) is 0 Å². The molecule has 0 saturated heterocycles. The van der Waals surface area contributed by atoms with Gasteiger partial charge in [0, 0.05) is 44.7 Å². The average Bonchev–Trinajstić information content (AvgIpc) is 2.72. The van der Waals surface area contributed by atoms with Gasteiger partial charge in [0.05, 0.1) is 0 Å². The number of nitrogens with one attached hydrogen (secondary N) is 3. The van der Waals surface area contributed by atoms with Crippen LogP contribution in [-0.2, 0) is 11.3 Å². The van der Waals surface area contributed by atoms with Crippen LogP contribution in [0.1, 0.15) is 60.9 Å². The van der Waals surface area contributed by atoms with Crippen molar-refractivity contribution in [1.29, 1.82) is 0 Å². The molecule has 0 atom stereocenters. The van der Waals surface area contributed by atoms with Crippen molar-refractivity contribution in [3.8, 4) is 0 Å². The first kappa shape index (κ1) is 21.7. The molecule has 1 aromatic carbocycles. The zero-order chi connectivity index (χ0) is 22.0. The third-order valence-electron chi connectivity index (χ3n) is 7.33. The van der Waals surface area contributed by atoms with E-state index in [1.807, 2.05) is 12.1 Å². The predicted molar refractivity (Wildman–Crippen MR) is 118 cm³/mol. The number of urea groups is 1. The standard InChI is InChI=1S/C24H34N4O3/c1-25-22(30)20-5-3-16(4-6-20)15-28(2)21(29)7-8-26-23(31)27-24-12-17-9-18(13-24)11-19(10-17)14-24/h3-6,17-19H,7-15H2,1-2H3,(H,25,30)(H2,26,27,31). The van der Waals surface area contributed by atoms with Crippen LogP contribution in [0.5, 0.6) is 0 Å². The molecule has 0 radical (unpaired) electrons. The maximum absolute atomic E-state index is 12.5. The molecule has 0 aliphatic heterocycles. The van der Waals surface area contributed by atoms with E-state index in [1.165, 1.54) is 19.3 Å². The van der Waals surface area contributed by atoms with Gasteiger partial charge in [-0.3, -0.25) is 9.59 Å². The zero-order valence-electron chi connectivity index (χ0n) is 18.6. The molecule has 4 aliphatic carbocycles. The number of carbonyl (C=O) groups is 3. The number of hydrogen-bond donors (Lipinski definition) is 3. The first-order valence-electron chi connectivity index (χ1n) is 11.5. The fourth-order valence-corrected chi connectivity index (χ4v) is 6.29. The van der Waals surface area contributed by atoms with Crippen molar-refractivity contribution in [1.82, 2.24) is 20.9 Å². The molecule has 7 nitrogen and oxygen atoms in total. The van der Waals surface area contributed by atoms with E-state index >= 15 is 0 Å². The van der Waals surface area contributed by atoms with Crippen molar-refractivity contribution in [3.63, 3.8) is 0 Å². The lowest BCUT2D eigenvalue weighted by Gasteiger charge is -2.56. The summed E-state index contributed by atoms with van der Waals surface area (Å²) >= 11 is 0. The van der Waals surface area contributed by atoms with Gasteiger partial charge in [0.2, 0.25) is 5.91 Å². The van der Waals surface area contributed by atoms with Crippen LogP contribution < -0.4 is 16.0 Å². The highest BCUT2D eigenvalue weighted by Crippen LogP contribution is 2.55. The summed E-state index contributed by atoms with van der Waals surface area (Å²) in [5, 5.41) is 8.76. The van der Waals surface area contributed by atoms with E-state index < -0.39 is 0 Å². The second-order valence-electron chi connectivity index (χ2n) is 9.85. The molecule has 0 unspecified atom stereocenters. The Labute approximate surface area is 184 Å². The summed E-state index contributed by atoms with van der Waals surface area (Å²) in [7, 11) is 3.35. The van der Waals surface area contributed by atoms with Gasteiger partial charge in [-0.25, -0.2) is 4.79 Å². The Morgan fingerprint density at radius 2 is 1.58 bits per heavy atom. The van der Waals surface area contributed by atoms with Crippen molar-refractivity contribution >= 4 is 17.8 Å². The zero-order valence-corrected chi connectivity index (χ0v) is 18.6. The Balaban J connectivity index is 1.19. The van der Waals surface area contributed by atoms with Crippen LogP contribution in [0.25, 0.3) is 0 Å². The van der Waals surface area contributed by atoms with E-state index in [4.69, 9.17) is 0 Å². The minimum Gasteiger partial charge on any atom is -0.355 e. The van der Waals surface area contributed by atoms with E-state index in [1.54, 1.807) is 31.1 Å². The summed E-state index contributed by atoms with van der Waals surface area (Å²) in [5.74, 6) is 2.20. The normalized spacial score (nSPS) is 28.1. The minimum absolute atomic E-state index is 0.0134. The van der Waals surface area contributed by atoms with Gasteiger partial charge in [0.15, 0.2) is 0 Å². The molecule has 3 N–H and O–H groups in total. The number of rotatable bonds is 7. The first-order chi connectivity index (χ1) is 14.9. The average molecular weight is 427 g/mol. The van der Waals surface area contributed by atoms with Crippen LogP contribution in [0, 0.1) is 17.8 Å². The van der Waals surface area contributed by atoms with E-state index in [-0.39, 0.29) is 29.8 Å². The van der Waals surface area contributed by atoms with Gasteiger partial charge in [0.25, 0.3) is 5.91 Å². The van der Waals surface area contributed by atoms with Crippen LogP contribution in [0.4, 0.5) is 4.79 Å². The Hall–Kier alpha value is -2.57. The molecule has 0 heterocycles. The van der Waals surface area contributed by atoms with E-state index in [0.717, 1.165) is 42.6 Å². The van der Waals surface area contributed by atoms with Crippen LogP contribution in [0.15, 0.2) is 24.3 Å². The number of carbonyl (C=O) groups excluding carboxylic acids is 3. The molecular formula is C24H34N4O3. The van der Waals surface area contributed by atoms with Gasteiger partial charge in [-0.1, -0.05) is 12.1 Å².